The molecule has 1 aromatic rings. The van der Waals surface area contributed by atoms with E-state index in [1.54, 1.807) is 6.07 Å². The van der Waals surface area contributed by atoms with E-state index < -0.39 is 12.1 Å². The number of nitrogens with zero attached hydrogens (tertiary/aromatic N) is 1. The molecule has 0 aromatic heterocycles. The molecule has 2 nitrogen and oxygen atoms in total. The van der Waals surface area contributed by atoms with Gasteiger partial charge in [0, 0.05) is 24.5 Å². The van der Waals surface area contributed by atoms with E-state index in [2.05, 4.69) is 0 Å². The number of piperidine rings is 1. The summed E-state index contributed by atoms with van der Waals surface area (Å²) < 4.78 is 37.7. The van der Waals surface area contributed by atoms with E-state index in [0.29, 0.717) is 18.8 Å². The van der Waals surface area contributed by atoms with Gasteiger partial charge in [-0.2, -0.15) is 13.2 Å². The molecular weight excluding hydrogens is 241 g/mol. The third kappa shape index (κ3) is 2.54. The minimum atomic E-state index is -4.06. The van der Waals surface area contributed by atoms with Crippen LogP contribution in [0.25, 0.3) is 0 Å². The summed E-state index contributed by atoms with van der Waals surface area (Å²) in [6.07, 6.45) is -3.73. The molecule has 0 amide bonds. The summed E-state index contributed by atoms with van der Waals surface area (Å²) in [7, 11) is 0. The number of halogens is 3. The van der Waals surface area contributed by atoms with E-state index in [1.165, 1.54) is 0 Å². The SMILES string of the molecule is Cc1c(N)cccc1N1CCC(C(F)(F)F)CC1. The summed E-state index contributed by atoms with van der Waals surface area (Å²) in [6, 6.07) is 5.56. The molecule has 5 heteroatoms. The highest BCUT2D eigenvalue weighted by Crippen LogP contribution is 2.36. The van der Waals surface area contributed by atoms with Gasteiger partial charge in [-0.15, -0.1) is 0 Å². The second kappa shape index (κ2) is 4.71. The molecular formula is C13H17F3N2. The first-order valence-electron chi connectivity index (χ1n) is 6.06. The van der Waals surface area contributed by atoms with Gasteiger partial charge in [-0.1, -0.05) is 6.07 Å². The molecule has 2 N–H and O–H groups in total. The van der Waals surface area contributed by atoms with Gasteiger partial charge < -0.3 is 10.6 Å². The highest BCUT2D eigenvalue weighted by Gasteiger charge is 2.41. The fraction of sp³-hybridized carbons (Fsp3) is 0.538. The van der Waals surface area contributed by atoms with Gasteiger partial charge in [0.05, 0.1) is 5.92 Å². The Labute approximate surface area is 105 Å². The van der Waals surface area contributed by atoms with Crippen LogP contribution in [0.2, 0.25) is 0 Å². The first-order valence-corrected chi connectivity index (χ1v) is 6.06. The van der Waals surface area contributed by atoms with Gasteiger partial charge in [0.2, 0.25) is 0 Å². The predicted octanol–water partition coefficient (Wildman–Crippen LogP) is 3.36. The van der Waals surface area contributed by atoms with Gasteiger partial charge in [0.1, 0.15) is 0 Å². The number of alkyl halides is 3. The van der Waals surface area contributed by atoms with Gasteiger partial charge in [-0.25, -0.2) is 0 Å². The molecule has 1 heterocycles. The highest BCUT2D eigenvalue weighted by molar-refractivity contribution is 5.64. The molecule has 1 fully saturated rings. The lowest BCUT2D eigenvalue weighted by Crippen LogP contribution is -2.39. The average molecular weight is 258 g/mol. The molecule has 0 atom stereocenters. The Morgan fingerprint density at radius 2 is 1.83 bits per heavy atom. The standard InChI is InChI=1S/C13H17F3N2/c1-9-11(17)3-2-4-12(9)18-7-5-10(6-8-18)13(14,15)16/h2-4,10H,5-8,17H2,1H3. The minimum Gasteiger partial charge on any atom is -0.398 e. The molecule has 1 aromatic carbocycles. The van der Waals surface area contributed by atoms with Crippen molar-refractivity contribution in [1.29, 1.82) is 0 Å². The van der Waals surface area contributed by atoms with Crippen LogP contribution in [0.5, 0.6) is 0 Å². The smallest absolute Gasteiger partial charge is 0.391 e. The van der Waals surface area contributed by atoms with E-state index in [-0.39, 0.29) is 12.8 Å². The fourth-order valence-electron chi connectivity index (χ4n) is 2.43. The number of rotatable bonds is 1. The Bertz CT molecular complexity index is 421. The van der Waals surface area contributed by atoms with Crippen LogP contribution >= 0.6 is 0 Å². The van der Waals surface area contributed by atoms with E-state index in [9.17, 15) is 13.2 Å². The fourth-order valence-corrected chi connectivity index (χ4v) is 2.43. The molecule has 2 rings (SSSR count). The van der Waals surface area contributed by atoms with E-state index >= 15 is 0 Å². The highest BCUT2D eigenvalue weighted by atomic mass is 19.4. The molecule has 1 aliphatic heterocycles. The molecule has 0 aliphatic carbocycles. The van der Waals surface area contributed by atoms with E-state index in [0.717, 1.165) is 11.3 Å². The maximum atomic E-state index is 12.6. The quantitative estimate of drug-likeness (QED) is 0.783. The van der Waals surface area contributed by atoms with E-state index in [1.807, 2.05) is 24.0 Å². The van der Waals surface area contributed by atoms with Crippen molar-refractivity contribution in [3.63, 3.8) is 0 Å². The summed E-state index contributed by atoms with van der Waals surface area (Å²) in [5.41, 5.74) is 8.40. The Balaban J connectivity index is 2.08. The second-order valence-corrected chi connectivity index (χ2v) is 4.79. The predicted molar refractivity (Wildman–Crippen MR) is 66.6 cm³/mol. The number of nitrogen functional groups attached to an aromatic ring is 1. The normalized spacial score (nSPS) is 18.1. The number of hydrogen-bond acceptors (Lipinski definition) is 2. The van der Waals surface area contributed by atoms with Crippen LogP contribution in [0.3, 0.4) is 0 Å². The van der Waals surface area contributed by atoms with Crippen LogP contribution in [0.15, 0.2) is 18.2 Å². The lowest BCUT2D eigenvalue weighted by atomic mass is 9.95. The summed E-state index contributed by atoms with van der Waals surface area (Å²) in [6.45, 7) is 2.78. The number of anilines is 2. The molecule has 0 radical (unpaired) electrons. The maximum Gasteiger partial charge on any atom is 0.391 e. The third-order valence-corrected chi connectivity index (χ3v) is 3.65. The minimum absolute atomic E-state index is 0.164. The summed E-state index contributed by atoms with van der Waals surface area (Å²) >= 11 is 0. The summed E-state index contributed by atoms with van der Waals surface area (Å²) in [4.78, 5) is 1.99. The van der Waals surface area contributed by atoms with Gasteiger partial charge in [-0.3, -0.25) is 0 Å². The maximum absolute atomic E-state index is 12.6. The van der Waals surface area contributed by atoms with Crippen molar-refractivity contribution in [2.75, 3.05) is 23.7 Å². The molecule has 0 bridgehead atoms. The molecule has 1 saturated heterocycles. The topological polar surface area (TPSA) is 29.3 Å². The van der Waals surface area contributed by atoms with Gasteiger partial charge >= 0.3 is 6.18 Å². The third-order valence-electron chi connectivity index (χ3n) is 3.65. The molecule has 0 unspecified atom stereocenters. The lowest BCUT2D eigenvalue weighted by Gasteiger charge is -2.35. The van der Waals surface area contributed by atoms with Crippen molar-refractivity contribution >= 4 is 11.4 Å². The van der Waals surface area contributed by atoms with Crippen LogP contribution in [-0.4, -0.2) is 19.3 Å². The molecule has 18 heavy (non-hydrogen) atoms. The van der Waals surface area contributed by atoms with Gasteiger partial charge in [0.25, 0.3) is 0 Å². The van der Waals surface area contributed by atoms with Crippen LogP contribution in [0, 0.1) is 12.8 Å². The van der Waals surface area contributed by atoms with Crippen molar-refractivity contribution in [3.05, 3.63) is 23.8 Å². The van der Waals surface area contributed by atoms with Gasteiger partial charge in [0.15, 0.2) is 0 Å². The lowest BCUT2D eigenvalue weighted by molar-refractivity contribution is -0.179. The Kier molecular flexibility index (Phi) is 3.41. The molecule has 1 aliphatic rings. The van der Waals surface area contributed by atoms with E-state index in [4.69, 9.17) is 5.73 Å². The van der Waals surface area contributed by atoms with Crippen molar-refractivity contribution < 1.29 is 13.2 Å². The van der Waals surface area contributed by atoms with Crippen molar-refractivity contribution in [3.8, 4) is 0 Å². The summed E-state index contributed by atoms with van der Waals surface area (Å²) in [5.74, 6) is -1.16. The van der Waals surface area contributed by atoms with Crippen LogP contribution in [0.1, 0.15) is 18.4 Å². The molecule has 0 saturated carbocycles. The van der Waals surface area contributed by atoms with Crippen LogP contribution < -0.4 is 10.6 Å². The second-order valence-electron chi connectivity index (χ2n) is 4.79. The number of nitrogens with two attached hydrogens (primary N) is 1. The Morgan fingerprint density at radius 3 is 2.39 bits per heavy atom. The number of hydrogen-bond donors (Lipinski definition) is 1. The number of benzene rings is 1. The Hall–Kier alpha value is -1.39. The van der Waals surface area contributed by atoms with Crippen LogP contribution in [-0.2, 0) is 0 Å². The zero-order chi connectivity index (χ0) is 13.3. The first-order chi connectivity index (χ1) is 8.39. The van der Waals surface area contributed by atoms with Gasteiger partial charge in [-0.05, 0) is 37.5 Å². The van der Waals surface area contributed by atoms with Crippen LogP contribution in [0.4, 0.5) is 24.5 Å². The molecule has 0 spiro atoms. The monoisotopic (exact) mass is 258 g/mol. The largest absolute Gasteiger partial charge is 0.398 e. The first kappa shape index (κ1) is 13.1. The zero-order valence-corrected chi connectivity index (χ0v) is 10.3. The van der Waals surface area contributed by atoms with Crippen molar-refractivity contribution in [2.45, 2.75) is 25.9 Å². The Morgan fingerprint density at radius 1 is 1.22 bits per heavy atom. The zero-order valence-electron chi connectivity index (χ0n) is 10.3. The molecule has 100 valence electrons. The average Bonchev–Trinajstić information content (AvgIpc) is 2.32. The van der Waals surface area contributed by atoms with Crippen molar-refractivity contribution in [1.82, 2.24) is 0 Å². The summed E-state index contributed by atoms with van der Waals surface area (Å²) in [5, 5.41) is 0. The van der Waals surface area contributed by atoms with Crippen molar-refractivity contribution in [2.24, 2.45) is 5.92 Å².